The largest absolute Gasteiger partial charge is 0.367 e. The second-order valence-electron chi connectivity index (χ2n) is 7.01. The Hall–Kier alpha value is -2.29. The second-order valence-corrected chi connectivity index (χ2v) is 7.85. The van der Waals surface area contributed by atoms with Crippen molar-refractivity contribution in [2.24, 2.45) is 12.0 Å². The second kappa shape index (κ2) is 9.07. The minimum atomic E-state index is 0.365. The minimum Gasteiger partial charge on any atom is -0.367 e. The first-order valence-electron chi connectivity index (χ1n) is 9.45. The standard InChI is InChI=1S/C18H30N8S/c1-5-19-17(20-9-15-13-27-18(23-15)24(2)3)22-14-7-6-8-26(11-14)16-10-21-25(4)12-16/h10,12-14H,5-9,11H2,1-4H3,(H2,19,20,22). The quantitative estimate of drug-likeness (QED) is 0.577. The average molecular weight is 391 g/mol. The van der Waals surface area contributed by atoms with Crippen molar-refractivity contribution in [2.75, 3.05) is 43.5 Å². The van der Waals surface area contributed by atoms with Crippen molar-refractivity contribution in [3.63, 3.8) is 0 Å². The lowest BCUT2D eigenvalue weighted by atomic mass is 10.1. The predicted molar refractivity (Wildman–Crippen MR) is 113 cm³/mol. The number of nitrogens with one attached hydrogen (secondary N) is 2. The van der Waals surface area contributed by atoms with Gasteiger partial charge >= 0.3 is 0 Å². The van der Waals surface area contributed by atoms with Crippen molar-refractivity contribution in [3.05, 3.63) is 23.5 Å². The van der Waals surface area contributed by atoms with Crippen LogP contribution in [-0.4, -0.2) is 60.5 Å². The topological polar surface area (TPSA) is 73.6 Å². The van der Waals surface area contributed by atoms with Crippen LogP contribution in [0.4, 0.5) is 10.8 Å². The van der Waals surface area contributed by atoms with Crippen LogP contribution in [0.5, 0.6) is 0 Å². The summed E-state index contributed by atoms with van der Waals surface area (Å²) >= 11 is 1.65. The molecule has 3 heterocycles. The van der Waals surface area contributed by atoms with Gasteiger partial charge < -0.3 is 20.4 Å². The summed E-state index contributed by atoms with van der Waals surface area (Å²) in [6.45, 7) is 5.54. The van der Waals surface area contributed by atoms with Crippen LogP contribution >= 0.6 is 11.3 Å². The summed E-state index contributed by atoms with van der Waals surface area (Å²) in [6, 6.07) is 0.365. The van der Waals surface area contributed by atoms with Crippen LogP contribution in [0.3, 0.4) is 0 Å². The summed E-state index contributed by atoms with van der Waals surface area (Å²) < 4.78 is 1.85. The molecule has 1 unspecified atom stereocenters. The number of hydrogen-bond acceptors (Lipinski definition) is 6. The van der Waals surface area contributed by atoms with E-state index in [2.05, 4.69) is 44.1 Å². The Morgan fingerprint density at radius 1 is 1.44 bits per heavy atom. The van der Waals surface area contributed by atoms with Gasteiger partial charge in [-0.25, -0.2) is 9.98 Å². The van der Waals surface area contributed by atoms with Crippen molar-refractivity contribution in [2.45, 2.75) is 32.4 Å². The summed E-state index contributed by atoms with van der Waals surface area (Å²) in [5.74, 6) is 0.856. The average Bonchev–Trinajstić information content (AvgIpc) is 3.29. The van der Waals surface area contributed by atoms with E-state index in [4.69, 9.17) is 4.99 Å². The van der Waals surface area contributed by atoms with Crippen molar-refractivity contribution in [1.29, 1.82) is 0 Å². The maximum Gasteiger partial charge on any atom is 0.191 e. The first-order chi connectivity index (χ1) is 13.0. The van der Waals surface area contributed by atoms with Crippen LogP contribution in [0.15, 0.2) is 22.8 Å². The molecular weight excluding hydrogens is 360 g/mol. The molecule has 3 rings (SSSR count). The van der Waals surface area contributed by atoms with E-state index in [1.54, 1.807) is 11.3 Å². The monoisotopic (exact) mass is 390 g/mol. The molecule has 27 heavy (non-hydrogen) atoms. The van der Waals surface area contributed by atoms with Gasteiger partial charge in [-0.15, -0.1) is 11.3 Å². The SMILES string of the molecule is CCNC(=NCc1csc(N(C)C)n1)NC1CCCN(c2cnn(C)c2)C1. The van der Waals surface area contributed by atoms with E-state index in [0.717, 1.165) is 49.3 Å². The van der Waals surface area contributed by atoms with Gasteiger partial charge in [-0.2, -0.15) is 5.10 Å². The van der Waals surface area contributed by atoms with Crippen molar-refractivity contribution < 1.29 is 0 Å². The maximum atomic E-state index is 4.74. The fraction of sp³-hybridized carbons (Fsp3) is 0.611. The van der Waals surface area contributed by atoms with Gasteiger partial charge in [0, 0.05) is 58.4 Å². The Bertz CT molecular complexity index is 750. The van der Waals surface area contributed by atoms with Crippen molar-refractivity contribution in [1.82, 2.24) is 25.4 Å². The summed E-state index contributed by atoms with van der Waals surface area (Å²) in [6.07, 6.45) is 6.31. The number of anilines is 2. The van der Waals surface area contributed by atoms with E-state index in [1.165, 1.54) is 5.69 Å². The van der Waals surface area contributed by atoms with Gasteiger partial charge in [-0.1, -0.05) is 0 Å². The maximum absolute atomic E-state index is 4.74. The highest BCUT2D eigenvalue weighted by atomic mass is 32.1. The van der Waals surface area contributed by atoms with Gasteiger partial charge in [0.25, 0.3) is 0 Å². The Labute approximate surface area is 165 Å². The van der Waals surface area contributed by atoms with Crippen LogP contribution in [0.1, 0.15) is 25.5 Å². The van der Waals surface area contributed by atoms with E-state index in [9.17, 15) is 0 Å². The van der Waals surface area contributed by atoms with Gasteiger partial charge in [-0.05, 0) is 19.8 Å². The summed E-state index contributed by atoms with van der Waals surface area (Å²) in [5, 5.41) is 14.3. The molecule has 1 atom stereocenters. The molecule has 1 aliphatic rings. The van der Waals surface area contributed by atoms with Gasteiger partial charge in [0.2, 0.25) is 0 Å². The Morgan fingerprint density at radius 3 is 2.96 bits per heavy atom. The lowest BCUT2D eigenvalue weighted by molar-refractivity contribution is 0.468. The molecule has 0 spiro atoms. The van der Waals surface area contributed by atoms with Crippen LogP contribution in [0, 0.1) is 0 Å². The Morgan fingerprint density at radius 2 is 2.30 bits per heavy atom. The van der Waals surface area contributed by atoms with E-state index >= 15 is 0 Å². The highest BCUT2D eigenvalue weighted by molar-refractivity contribution is 7.13. The van der Waals surface area contributed by atoms with E-state index < -0.39 is 0 Å². The molecule has 0 saturated carbocycles. The number of rotatable bonds is 6. The number of thiazole rings is 1. The molecule has 1 aliphatic heterocycles. The molecule has 2 aromatic heterocycles. The summed E-state index contributed by atoms with van der Waals surface area (Å²) in [5.41, 5.74) is 2.19. The van der Waals surface area contributed by atoms with Crippen LogP contribution in [-0.2, 0) is 13.6 Å². The minimum absolute atomic E-state index is 0.365. The number of piperidine rings is 1. The number of aliphatic imine (C=N–C) groups is 1. The molecule has 0 aromatic carbocycles. The normalized spacial score (nSPS) is 17.9. The number of guanidine groups is 1. The fourth-order valence-electron chi connectivity index (χ4n) is 3.15. The molecule has 2 aromatic rings. The zero-order chi connectivity index (χ0) is 19.2. The smallest absolute Gasteiger partial charge is 0.191 e. The van der Waals surface area contributed by atoms with E-state index in [0.29, 0.717) is 12.6 Å². The molecule has 148 valence electrons. The van der Waals surface area contributed by atoms with Gasteiger partial charge in [0.1, 0.15) is 0 Å². The molecule has 8 nitrogen and oxygen atoms in total. The van der Waals surface area contributed by atoms with Crippen molar-refractivity contribution in [3.8, 4) is 0 Å². The third kappa shape index (κ3) is 5.35. The third-order valence-corrected chi connectivity index (χ3v) is 5.54. The fourth-order valence-corrected chi connectivity index (χ4v) is 3.90. The van der Waals surface area contributed by atoms with E-state index in [-0.39, 0.29) is 0 Å². The van der Waals surface area contributed by atoms with Crippen LogP contribution < -0.4 is 20.4 Å². The van der Waals surface area contributed by atoms with Crippen LogP contribution in [0.2, 0.25) is 0 Å². The van der Waals surface area contributed by atoms with Crippen LogP contribution in [0.25, 0.3) is 0 Å². The number of aromatic nitrogens is 3. The lowest BCUT2D eigenvalue weighted by Crippen LogP contribution is -2.51. The Balaban J connectivity index is 1.60. The lowest BCUT2D eigenvalue weighted by Gasteiger charge is -2.34. The van der Waals surface area contributed by atoms with Gasteiger partial charge in [0.05, 0.1) is 24.1 Å². The molecular formula is C18H30N8S. The number of nitrogens with zero attached hydrogens (tertiary/aromatic N) is 6. The molecule has 0 amide bonds. The van der Waals surface area contributed by atoms with E-state index in [1.807, 2.05) is 36.9 Å². The number of aryl methyl sites for hydroxylation is 1. The summed E-state index contributed by atoms with van der Waals surface area (Å²) in [7, 11) is 5.97. The highest BCUT2D eigenvalue weighted by Gasteiger charge is 2.21. The molecule has 1 fully saturated rings. The first kappa shape index (κ1) is 19.5. The zero-order valence-electron chi connectivity index (χ0n) is 16.6. The molecule has 2 N–H and O–H groups in total. The van der Waals surface area contributed by atoms with Gasteiger partial charge in [0.15, 0.2) is 11.1 Å². The number of hydrogen-bond donors (Lipinski definition) is 2. The highest BCUT2D eigenvalue weighted by Crippen LogP contribution is 2.20. The zero-order valence-corrected chi connectivity index (χ0v) is 17.5. The molecule has 0 radical (unpaired) electrons. The van der Waals surface area contributed by atoms with Gasteiger partial charge in [-0.3, -0.25) is 4.68 Å². The summed E-state index contributed by atoms with van der Waals surface area (Å²) in [4.78, 5) is 13.8. The third-order valence-electron chi connectivity index (χ3n) is 4.48. The molecule has 9 heteroatoms. The van der Waals surface area contributed by atoms with Crippen molar-refractivity contribution >= 4 is 28.1 Å². The molecule has 0 aliphatic carbocycles. The predicted octanol–water partition coefficient (Wildman–Crippen LogP) is 1.67. The molecule has 0 bridgehead atoms. The molecule has 1 saturated heterocycles. The first-order valence-corrected chi connectivity index (χ1v) is 10.3. The Kier molecular flexibility index (Phi) is 6.54.